The first-order valence-corrected chi connectivity index (χ1v) is 13.8. The molecular formula is C30H36Cl2SiZr. The van der Waals surface area contributed by atoms with Crippen LogP contribution in [0, 0.1) is 13.8 Å². The Morgan fingerprint density at radius 3 is 1.24 bits per heavy atom. The number of hydrogen-bond donors (Lipinski definition) is 0. The van der Waals surface area contributed by atoms with Crippen LogP contribution in [0.5, 0.6) is 0 Å². The van der Waals surface area contributed by atoms with Crippen LogP contribution in [0.15, 0.2) is 35.4 Å². The summed E-state index contributed by atoms with van der Waals surface area (Å²) in [4.78, 5) is 0. The van der Waals surface area contributed by atoms with Crippen LogP contribution >= 0.6 is 23.2 Å². The number of hydrogen-bond acceptors (Lipinski definition) is 0. The second-order valence-corrected chi connectivity index (χ2v) is 14.2. The van der Waals surface area contributed by atoms with Gasteiger partial charge in [0.25, 0.3) is 0 Å². The van der Waals surface area contributed by atoms with Gasteiger partial charge in [-0.1, -0.05) is 52.0 Å². The van der Waals surface area contributed by atoms with Crippen molar-refractivity contribution in [3.05, 3.63) is 79.9 Å². The van der Waals surface area contributed by atoms with E-state index in [0.717, 1.165) is 0 Å². The second-order valence-electron chi connectivity index (χ2n) is 10.7. The van der Waals surface area contributed by atoms with Crippen molar-refractivity contribution in [2.24, 2.45) is 0 Å². The van der Waals surface area contributed by atoms with E-state index in [-0.39, 0.29) is 26.2 Å². The third kappa shape index (κ3) is 3.86. The summed E-state index contributed by atoms with van der Waals surface area (Å²) >= 11 is 15.6. The van der Waals surface area contributed by atoms with Crippen molar-refractivity contribution < 1.29 is 26.2 Å². The number of halogens is 2. The summed E-state index contributed by atoms with van der Waals surface area (Å²) in [5.41, 5.74) is 15.7. The Kier molecular flexibility index (Phi) is 7.86. The van der Waals surface area contributed by atoms with Crippen LogP contribution in [0.3, 0.4) is 0 Å². The minimum absolute atomic E-state index is 0. The third-order valence-corrected chi connectivity index (χ3v) is 11.5. The molecule has 2 radical (unpaired) electrons. The molecule has 178 valence electrons. The largest absolute Gasteiger partial charge is 0.118 e. The molecule has 2 unspecified atom stereocenters. The molecule has 2 aromatic rings. The van der Waals surface area contributed by atoms with Gasteiger partial charge in [-0.15, -0.1) is 23.2 Å². The van der Waals surface area contributed by atoms with Crippen LogP contribution in [0.25, 0.3) is 11.1 Å². The molecule has 0 fully saturated rings. The summed E-state index contributed by atoms with van der Waals surface area (Å²) in [5, 5.41) is 0. The Morgan fingerprint density at radius 2 is 0.941 bits per heavy atom. The van der Waals surface area contributed by atoms with Crippen molar-refractivity contribution in [2.45, 2.75) is 90.1 Å². The van der Waals surface area contributed by atoms with Gasteiger partial charge in [-0.3, -0.25) is 0 Å². The number of fused-ring (bicyclic) bond motifs is 2. The molecule has 34 heavy (non-hydrogen) atoms. The summed E-state index contributed by atoms with van der Waals surface area (Å²) in [6.07, 6.45) is 0. The van der Waals surface area contributed by atoms with Crippen molar-refractivity contribution in [3.8, 4) is 0 Å². The SMILES string of the molecule is CC1=C(C)C(Cl)([Si]C2(Cl)C(C)=C(C)c3c(C(C)C)ccc(C)c32)c2c(C)ccc(C(C)C)c21.[Zr]. The molecule has 2 aromatic carbocycles. The molecule has 0 bridgehead atoms. The van der Waals surface area contributed by atoms with E-state index in [1.165, 1.54) is 66.8 Å². The van der Waals surface area contributed by atoms with Crippen LogP contribution < -0.4 is 0 Å². The molecule has 0 aromatic heterocycles. The van der Waals surface area contributed by atoms with Crippen molar-refractivity contribution in [2.75, 3.05) is 0 Å². The molecule has 0 aliphatic heterocycles. The number of benzene rings is 2. The minimum atomic E-state index is -0.598. The topological polar surface area (TPSA) is 0 Å². The predicted octanol–water partition coefficient (Wildman–Crippen LogP) is 9.35. The Labute approximate surface area is 238 Å². The Balaban J connectivity index is 0.00000324. The molecule has 4 heteroatoms. The molecule has 4 rings (SSSR count). The van der Waals surface area contributed by atoms with Crippen LogP contribution in [-0.4, -0.2) is 9.52 Å². The molecule has 2 aliphatic rings. The van der Waals surface area contributed by atoms with Crippen LogP contribution in [0.1, 0.15) is 112 Å². The van der Waals surface area contributed by atoms with Crippen molar-refractivity contribution in [1.29, 1.82) is 0 Å². The first-order chi connectivity index (χ1) is 15.3. The number of allylic oxidation sites excluding steroid dienone is 4. The van der Waals surface area contributed by atoms with Gasteiger partial charge < -0.3 is 0 Å². The van der Waals surface area contributed by atoms with E-state index >= 15 is 0 Å². The van der Waals surface area contributed by atoms with Gasteiger partial charge in [0, 0.05) is 26.2 Å². The predicted molar refractivity (Wildman–Crippen MR) is 148 cm³/mol. The zero-order valence-corrected chi connectivity index (χ0v) is 27.2. The molecule has 0 heterocycles. The fraction of sp³-hybridized carbons (Fsp3) is 0.467. The minimum Gasteiger partial charge on any atom is -0.114 e. The maximum atomic E-state index is 7.78. The summed E-state index contributed by atoms with van der Waals surface area (Å²) in [7, 11) is 0.300. The quantitative estimate of drug-likeness (QED) is 0.247. The van der Waals surface area contributed by atoms with Gasteiger partial charge in [0.2, 0.25) is 0 Å². The molecule has 0 amide bonds. The average Bonchev–Trinajstić information content (AvgIpc) is 3.05. The molecule has 0 spiro atoms. The molecule has 0 N–H and O–H groups in total. The van der Waals surface area contributed by atoms with Crippen LogP contribution in [0.4, 0.5) is 0 Å². The van der Waals surface area contributed by atoms with Gasteiger partial charge in [0.1, 0.15) is 9.52 Å². The fourth-order valence-electron chi connectivity index (χ4n) is 5.92. The zero-order valence-electron chi connectivity index (χ0n) is 22.2. The normalized spacial score (nSPS) is 23.7. The molecule has 0 saturated carbocycles. The summed E-state index contributed by atoms with van der Waals surface area (Å²) in [6, 6.07) is 9.08. The van der Waals surface area contributed by atoms with Crippen LogP contribution in [0.2, 0.25) is 0 Å². The number of alkyl halides is 2. The smallest absolute Gasteiger partial charge is 0.114 e. The van der Waals surface area contributed by atoms with Gasteiger partial charge in [-0.2, -0.15) is 0 Å². The Morgan fingerprint density at radius 1 is 0.618 bits per heavy atom. The number of rotatable bonds is 4. The van der Waals surface area contributed by atoms with E-state index in [4.69, 9.17) is 23.2 Å². The van der Waals surface area contributed by atoms with E-state index in [1.807, 2.05) is 0 Å². The Bertz CT molecular complexity index is 1140. The van der Waals surface area contributed by atoms with Gasteiger partial charge in [0.05, 0.1) is 8.99 Å². The van der Waals surface area contributed by atoms with Gasteiger partial charge in [-0.25, -0.2) is 0 Å². The Hall–Kier alpha value is -0.400. The molecule has 2 atom stereocenters. The van der Waals surface area contributed by atoms with E-state index in [1.54, 1.807) is 0 Å². The molecule has 2 aliphatic carbocycles. The maximum Gasteiger partial charge on any atom is 0.118 e. The monoisotopic (exact) mass is 584 g/mol. The third-order valence-electron chi connectivity index (χ3n) is 8.08. The van der Waals surface area contributed by atoms with E-state index < -0.39 is 8.99 Å². The second kappa shape index (κ2) is 9.48. The molecular weight excluding hydrogens is 551 g/mol. The van der Waals surface area contributed by atoms with E-state index in [2.05, 4.69) is 93.5 Å². The van der Waals surface area contributed by atoms with E-state index in [0.29, 0.717) is 21.4 Å². The van der Waals surface area contributed by atoms with Gasteiger partial charge in [0.15, 0.2) is 0 Å². The summed E-state index contributed by atoms with van der Waals surface area (Å²) in [5.74, 6) is 0.891. The van der Waals surface area contributed by atoms with E-state index in [9.17, 15) is 0 Å². The molecule has 0 nitrogen and oxygen atoms in total. The van der Waals surface area contributed by atoms with Crippen LogP contribution in [-0.2, 0) is 35.2 Å². The first kappa shape index (κ1) is 28.2. The van der Waals surface area contributed by atoms with Gasteiger partial charge >= 0.3 is 0 Å². The van der Waals surface area contributed by atoms with Crippen molar-refractivity contribution >= 4 is 43.9 Å². The fourth-order valence-corrected chi connectivity index (χ4v) is 9.81. The first-order valence-electron chi connectivity index (χ1n) is 12.1. The maximum absolute atomic E-state index is 7.78. The average molecular weight is 587 g/mol. The summed E-state index contributed by atoms with van der Waals surface area (Å²) in [6.45, 7) is 22.4. The molecule has 0 saturated heterocycles. The van der Waals surface area contributed by atoms with Gasteiger partial charge in [-0.05, 0) is 120 Å². The zero-order chi connectivity index (χ0) is 24.6. The standard InChI is InChI=1S/C30H36Cl2Si.Zr/c1-15(2)23-13-11-17(5)27-25(23)19(7)21(9)29(27,31)33-30(32)22(10)20(8)26-24(16(3)4)14-12-18(6)28(26)30;/h11-16H,1-10H3;. The van der Waals surface area contributed by atoms with Crippen molar-refractivity contribution in [1.82, 2.24) is 0 Å². The summed E-state index contributed by atoms with van der Waals surface area (Å²) < 4.78 is -1.20. The van der Waals surface area contributed by atoms with Crippen molar-refractivity contribution in [3.63, 3.8) is 0 Å². The number of aryl methyl sites for hydroxylation is 2.